The molecule has 2 rings (SSSR count). The minimum absolute atomic E-state index is 0.0819. The van der Waals surface area contributed by atoms with E-state index >= 15 is 0 Å². The molecule has 0 amide bonds. The average molecular weight is 389 g/mol. The molecule has 0 bridgehead atoms. The first-order chi connectivity index (χ1) is 11.8. The summed E-state index contributed by atoms with van der Waals surface area (Å²) in [5.41, 5.74) is 1.61. The van der Waals surface area contributed by atoms with Gasteiger partial charge in [0.2, 0.25) is 0 Å². The second-order valence-electron chi connectivity index (χ2n) is 5.01. The van der Waals surface area contributed by atoms with Crippen molar-refractivity contribution in [3.63, 3.8) is 0 Å². The van der Waals surface area contributed by atoms with Crippen LogP contribution in [0.25, 0.3) is 0 Å². The molecule has 1 aromatic carbocycles. The third kappa shape index (κ3) is 5.77. The van der Waals surface area contributed by atoms with Gasteiger partial charge in [-0.15, -0.1) is 0 Å². The molecule has 12 heteroatoms. The van der Waals surface area contributed by atoms with Gasteiger partial charge in [-0.05, 0) is 34.4 Å². The first-order valence-corrected chi connectivity index (χ1v) is 9.52. The molecule has 0 atom stereocenters. The first-order valence-electron chi connectivity index (χ1n) is 6.99. The highest BCUT2D eigenvalue weighted by Gasteiger charge is 2.18. The molecule has 0 fully saturated rings. The highest BCUT2D eigenvalue weighted by Crippen LogP contribution is 2.21. The van der Waals surface area contributed by atoms with Crippen LogP contribution in [-0.4, -0.2) is 41.9 Å². The van der Waals surface area contributed by atoms with Crippen LogP contribution in [0.5, 0.6) is 0 Å². The number of aryl methyl sites for hydroxylation is 1. The third-order valence-corrected chi connectivity index (χ3v) is 4.65. The molecule has 0 aliphatic rings. The number of hydrogen-bond donors (Lipinski definition) is 3. The molecular weight excluding hydrogens is 373 g/mol. The van der Waals surface area contributed by atoms with Gasteiger partial charge in [0.15, 0.2) is 10.7 Å². The van der Waals surface area contributed by atoms with E-state index in [-0.39, 0.29) is 30.2 Å². The maximum Gasteiger partial charge on any atom is 0.274 e. The van der Waals surface area contributed by atoms with E-state index in [0.717, 1.165) is 17.3 Å². The molecule has 0 saturated carbocycles. The zero-order valence-corrected chi connectivity index (χ0v) is 14.8. The van der Waals surface area contributed by atoms with Gasteiger partial charge in [0.05, 0.1) is 0 Å². The number of hydrogen-bond acceptors (Lipinski definition) is 8. The summed E-state index contributed by atoms with van der Waals surface area (Å²) in [6, 6.07) is 4.54. The summed E-state index contributed by atoms with van der Waals surface area (Å²) in [5.74, 6) is -0.0145. The fraction of sp³-hybridized carbons (Fsp3) is 0.308. The summed E-state index contributed by atoms with van der Waals surface area (Å²) in [6.07, 6.45) is 0.189. The second-order valence-corrected chi connectivity index (χ2v) is 7.48. The van der Waals surface area contributed by atoms with Crippen molar-refractivity contribution in [2.45, 2.75) is 18.4 Å². The Kier molecular flexibility index (Phi) is 6.47. The smallest absolute Gasteiger partial charge is 0.274 e. The van der Waals surface area contributed by atoms with Crippen molar-refractivity contribution in [1.82, 2.24) is 15.0 Å². The fourth-order valence-electron chi connectivity index (χ4n) is 1.96. The molecule has 0 radical (unpaired) electrons. The van der Waals surface area contributed by atoms with Crippen molar-refractivity contribution < 1.29 is 22.6 Å². The van der Waals surface area contributed by atoms with E-state index in [0.29, 0.717) is 16.3 Å². The Balaban J connectivity index is 2.06. The van der Waals surface area contributed by atoms with Gasteiger partial charge in [-0.2, -0.15) is 8.42 Å². The maximum absolute atomic E-state index is 13.3. The van der Waals surface area contributed by atoms with E-state index in [9.17, 15) is 18.0 Å². The number of halogens is 1. The van der Waals surface area contributed by atoms with Crippen molar-refractivity contribution in [3.05, 3.63) is 40.8 Å². The number of aromatic nitrogens is 2. The van der Waals surface area contributed by atoms with Crippen molar-refractivity contribution in [2.24, 2.45) is 10.3 Å². The quantitative estimate of drug-likeness (QED) is 0.199. The van der Waals surface area contributed by atoms with Gasteiger partial charge in [-0.25, -0.2) is 18.9 Å². The van der Waals surface area contributed by atoms with Crippen LogP contribution >= 0.6 is 11.8 Å². The molecule has 0 aliphatic carbocycles. The second kappa shape index (κ2) is 8.38. The largest absolute Gasteiger partial charge is 0.411 e. The summed E-state index contributed by atoms with van der Waals surface area (Å²) >= 11 is 1.15. The number of nitrogens with one attached hydrogen (secondary N) is 1. The molecule has 4 N–H and O–H groups in total. The van der Waals surface area contributed by atoms with Gasteiger partial charge in [-0.1, -0.05) is 29.1 Å². The summed E-state index contributed by atoms with van der Waals surface area (Å²) < 4.78 is 41.7. The van der Waals surface area contributed by atoms with E-state index in [1.54, 1.807) is 19.1 Å². The van der Waals surface area contributed by atoms with Crippen LogP contribution in [0, 0.1) is 12.7 Å². The average Bonchev–Trinajstić information content (AvgIpc) is 3.00. The Hall–Kier alpha value is -2.02. The number of rotatable bonds is 8. The van der Waals surface area contributed by atoms with Crippen LogP contribution in [0.2, 0.25) is 0 Å². The van der Waals surface area contributed by atoms with Crippen LogP contribution in [-0.2, 0) is 16.6 Å². The molecular formula is C13H16FN5O4S2. The van der Waals surface area contributed by atoms with Gasteiger partial charge in [-0.3, -0.25) is 0 Å². The van der Waals surface area contributed by atoms with Crippen LogP contribution in [0.1, 0.15) is 16.8 Å². The van der Waals surface area contributed by atoms with Crippen molar-refractivity contribution >= 4 is 27.7 Å². The normalized spacial score (nSPS) is 12.5. The zero-order chi connectivity index (χ0) is 18.4. The number of nitrogens with two attached hydrogens (primary N) is 1. The third-order valence-electron chi connectivity index (χ3n) is 3.09. The van der Waals surface area contributed by atoms with Gasteiger partial charge < -0.3 is 5.21 Å². The fourth-order valence-corrected chi connectivity index (χ4v) is 3.25. The molecule has 136 valence electrons. The highest BCUT2D eigenvalue weighted by molar-refractivity contribution is 7.99. The first kappa shape index (κ1) is 19.3. The summed E-state index contributed by atoms with van der Waals surface area (Å²) in [7, 11) is -3.76. The molecule has 1 aromatic heterocycles. The maximum atomic E-state index is 13.3. The van der Waals surface area contributed by atoms with Crippen molar-refractivity contribution in [1.29, 1.82) is 0 Å². The van der Waals surface area contributed by atoms with E-state index in [1.807, 2.05) is 0 Å². The summed E-state index contributed by atoms with van der Waals surface area (Å²) in [4.78, 5) is 0. The van der Waals surface area contributed by atoms with Gasteiger partial charge >= 0.3 is 0 Å². The molecule has 0 aliphatic heterocycles. The van der Waals surface area contributed by atoms with E-state index in [2.05, 4.69) is 24.8 Å². The Morgan fingerprint density at radius 3 is 2.88 bits per heavy atom. The lowest BCUT2D eigenvalue weighted by molar-refractivity contribution is 0.296. The highest BCUT2D eigenvalue weighted by atomic mass is 32.2. The SMILES string of the molecule is Cc1cc(C/C(=N\O)c2nonc2SCCNS(N)(=O)=O)ccc1F. The van der Waals surface area contributed by atoms with Crippen LogP contribution < -0.4 is 9.86 Å². The topological polar surface area (TPSA) is 144 Å². The standard InChI is InChI=1S/C13H16FN5O4S2/c1-8-6-9(2-3-10(8)14)7-11(17-20)12-13(19-23-18-12)24-5-4-16-25(15,21)22/h2-3,6,16,20H,4-5,7H2,1H3,(H2,15,21,22)/b17-11+. The lowest BCUT2D eigenvalue weighted by Gasteiger charge is -2.05. The molecule has 2 aromatic rings. The summed E-state index contributed by atoms with van der Waals surface area (Å²) in [5, 5.41) is 25.1. The molecule has 9 nitrogen and oxygen atoms in total. The summed E-state index contributed by atoms with van der Waals surface area (Å²) in [6.45, 7) is 1.71. The number of oxime groups is 1. The molecule has 0 saturated heterocycles. The zero-order valence-electron chi connectivity index (χ0n) is 13.1. The lowest BCUT2D eigenvalue weighted by atomic mass is 10.0. The lowest BCUT2D eigenvalue weighted by Crippen LogP contribution is -2.32. The predicted molar refractivity (Wildman–Crippen MR) is 89.3 cm³/mol. The van der Waals surface area contributed by atoms with Crippen LogP contribution in [0.4, 0.5) is 4.39 Å². The molecule has 1 heterocycles. The molecule has 0 unspecified atom stereocenters. The van der Waals surface area contributed by atoms with Gasteiger partial charge in [0, 0.05) is 18.7 Å². The van der Waals surface area contributed by atoms with Gasteiger partial charge in [0.25, 0.3) is 10.2 Å². The minimum atomic E-state index is -3.76. The van der Waals surface area contributed by atoms with Crippen molar-refractivity contribution in [2.75, 3.05) is 12.3 Å². The minimum Gasteiger partial charge on any atom is -0.411 e. The molecule has 25 heavy (non-hydrogen) atoms. The van der Waals surface area contributed by atoms with E-state index < -0.39 is 10.2 Å². The van der Waals surface area contributed by atoms with Crippen LogP contribution in [0.15, 0.2) is 33.0 Å². The van der Waals surface area contributed by atoms with E-state index in [4.69, 9.17) is 5.14 Å². The predicted octanol–water partition coefficient (Wildman–Crippen LogP) is 0.823. The monoisotopic (exact) mass is 389 g/mol. The van der Waals surface area contributed by atoms with E-state index in [1.165, 1.54) is 6.07 Å². The Labute approximate surface area is 147 Å². The van der Waals surface area contributed by atoms with Crippen molar-refractivity contribution in [3.8, 4) is 0 Å². The van der Waals surface area contributed by atoms with Crippen LogP contribution in [0.3, 0.4) is 0 Å². The van der Waals surface area contributed by atoms with Gasteiger partial charge in [0.1, 0.15) is 11.5 Å². The Morgan fingerprint density at radius 1 is 1.48 bits per heavy atom. The number of nitrogens with zero attached hydrogens (tertiary/aromatic N) is 3. The number of thioether (sulfide) groups is 1. The Bertz CT molecular complexity index is 869. The number of benzene rings is 1. The Morgan fingerprint density at radius 2 is 2.24 bits per heavy atom. The molecule has 0 spiro atoms.